The Morgan fingerprint density at radius 2 is 1.25 bits per heavy atom. The third-order valence-electron chi connectivity index (χ3n) is 11.0. The maximum Gasteiger partial charge on any atom is 0.331 e. The number of ketones is 1. The van der Waals surface area contributed by atoms with Crippen LogP contribution in [0.1, 0.15) is 86.1 Å². The molecule has 8 nitrogen and oxygen atoms in total. The van der Waals surface area contributed by atoms with Crippen molar-refractivity contribution in [2.24, 2.45) is 17.8 Å². The normalized spacial score (nSPS) is 22.4. The van der Waals surface area contributed by atoms with Crippen molar-refractivity contribution in [3.05, 3.63) is 131 Å². The minimum atomic E-state index is -1.25. The van der Waals surface area contributed by atoms with Crippen LogP contribution in [0.2, 0.25) is 0 Å². The van der Waals surface area contributed by atoms with E-state index < -0.39 is 42.0 Å². The zero-order valence-corrected chi connectivity index (χ0v) is 31.0. The van der Waals surface area contributed by atoms with Gasteiger partial charge >= 0.3 is 12.0 Å². The molecule has 2 amide bonds. The Bertz CT molecular complexity index is 1790. The van der Waals surface area contributed by atoms with Crippen LogP contribution in [0.15, 0.2) is 109 Å². The largest absolute Gasteiger partial charge is 0.493 e. The van der Waals surface area contributed by atoms with E-state index in [1.165, 1.54) is 14.2 Å². The van der Waals surface area contributed by atoms with Gasteiger partial charge in [-0.25, -0.2) is 9.59 Å². The first-order valence-electron chi connectivity index (χ1n) is 18.4. The molecule has 1 saturated heterocycles. The molecule has 272 valence electrons. The number of carbonyl (C=O) groups excluding carboxylic acids is 3. The summed E-state index contributed by atoms with van der Waals surface area (Å²) in [6, 6.07) is 29.8. The molecule has 0 bridgehead atoms. The Morgan fingerprint density at radius 1 is 0.692 bits per heavy atom. The van der Waals surface area contributed by atoms with Gasteiger partial charge in [-0.05, 0) is 72.4 Å². The molecule has 0 radical (unpaired) electrons. The van der Waals surface area contributed by atoms with Gasteiger partial charge in [-0.2, -0.15) is 0 Å². The van der Waals surface area contributed by atoms with Crippen molar-refractivity contribution < 1.29 is 28.6 Å². The quantitative estimate of drug-likeness (QED) is 0.108. The molecule has 8 heteroatoms. The zero-order chi connectivity index (χ0) is 36.9. The van der Waals surface area contributed by atoms with Crippen molar-refractivity contribution in [1.82, 2.24) is 9.80 Å². The SMILES string of the molecule is COc1ccc(C(=O)C2C(C(=O)OC3CC(C)CCC3C(C)C)N(C(C)c3ccccc3)C(=O)N2C(c2ccccc2)c2ccccc2)cc1OC. The number of rotatable bonds is 12. The Kier molecular flexibility index (Phi) is 11.3. The van der Waals surface area contributed by atoms with Crippen molar-refractivity contribution in [3.63, 3.8) is 0 Å². The van der Waals surface area contributed by atoms with Crippen LogP contribution in [-0.4, -0.2) is 60.0 Å². The molecule has 1 saturated carbocycles. The summed E-state index contributed by atoms with van der Waals surface area (Å²) in [5.74, 6) is 0.738. The van der Waals surface area contributed by atoms with E-state index in [2.05, 4.69) is 20.8 Å². The molecule has 1 aliphatic carbocycles. The molecule has 0 N–H and O–H groups in total. The molecular weight excluding hydrogens is 652 g/mol. The number of hydrogen-bond donors (Lipinski definition) is 0. The van der Waals surface area contributed by atoms with Gasteiger partial charge in [0.15, 0.2) is 23.3 Å². The van der Waals surface area contributed by atoms with Gasteiger partial charge in [0.2, 0.25) is 0 Å². The summed E-state index contributed by atoms with van der Waals surface area (Å²) >= 11 is 0. The number of methoxy groups -OCH3 is 2. The molecule has 4 aromatic carbocycles. The summed E-state index contributed by atoms with van der Waals surface area (Å²) in [5.41, 5.74) is 2.76. The minimum Gasteiger partial charge on any atom is -0.493 e. The fraction of sp³-hybridized carbons (Fsp3) is 0.386. The van der Waals surface area contributed by atoms with E-state index in [0.717, 1.165) is 36.0 Å². The van der Waals surface area contributed by atoms with Crippen LogP contribution in [0.25, 0.3) is 0 Å². The first-order valence-corrected chi connectivity index (χ1v) is 18.4. The van der Waals surface area contributed by atoms with E-state index in [0.29, 0.717) is 28.9 Å². The van der Waals surface area contributed by atoms with Gasteiger partial charge in [-0.3, -0.25) is 4.79 Å². The minimum absolute atomic E-state index is 0.176. The predicted octanol–water partition coefficient (Wildman–Crippen LogP) is 8.92. The highest BCUT2D eigenvalue weighted by Gasteiger charge is 2.58. The van der Waals surface area contributed by atoms with Crippen LogP contribution >= 0.6 is 0 Å². The lowest BCUT2D eigenvalue weighted by Crippen LogP contribution is -2.51. The van der Waals surface area contributed by atoms with Crippen LogP contribution in [0.4, 0.5) is 4.79 Å². The lowest BCUT2D eigenvalue weighted by atomic mass is 9.75. The first-order chi connectivity index (χ1) is 25.1. The molecule has 4 aromatic rings. The number of nitrogens with zero attached hydrogens (tertiary/aromatic N) is 2. The van der Waals surface area contributed by atoms with Crippen molar-refractivity contribution in [2.75, 3.05) is 14.2 Å². The number of carbonyl (C=O) groups is 3. The van der Waals surface area contributed by atoms with Gasteiger partial charge in [0.05, 0.1) is 26.3 Å². The summed E-state index contributed by atoms with van der Waals surface area (Å²) in [6.07, 6.45) is 2.43. The van der Waals surface area contributed by atoms with Crippen LogP contribution in [0.5, 0.6) is 11.5 Å². The van der Waals surface area contributed by atoms with Gasteiger partial charge in [0.1, 0.15) is 12.1 Å². The smallest absolute Gasteiger partial charge is 0.331 e. The van der Waals surface area contributed by atoms with E-state index in [4.69, 9.17) is 14.2 Å². The summed E-state index contributed by atoms with van der Waals surface area (Å²) in [5, 5.41) is 0. The second-order valence-corrected chi connectivity index (χ2v) is 14.5. The number of esters is 1. The fourth-order valence-electron chi connectivity index (χ4n) is 8.17. The van der Waals surface area contributed by atoms with E-state index >= 15 is 14.4 Å². The lowest BCUT2D eigenvalue weighted by molar-refractivity contribution is -0.161. The average molecular weight is 703 g/mol. The number of urea groups is 1. The van der Waals surface area contributed by atoms with E-state index in [1.807, 2.05) is 97.9 Å². The van der Waals surface area contributed by atoms with E-state index in [9.17, 15) is 0 Å². The van der Waals surface area contributed by atoms with Gasteiger partial charge in [-0.1, -0.05) is 118 Å². The van der Waals surface area contributed by atoms with Crippen molar-refractivity contribution in [3.8, 4) is 11.5 Å². The third kappa shape index (κ3) is 7.29. The summed E-state index contributed by atoms with van der Waals surface area (Å²) < 4.78 is 17.6. The second-order valence-electron chi connectivity index (χ2n) is 14.5. The number of ether oxygens (including phenoxy) is 3. The standard InChI is InChI=1S/C44H50N2O6/c1-28(2)35-24-22-29(3)26-37(35)52-43(48)41-40(42(47)34-23-25-36(50-5)38(27-34)51-6)46(44(49)45(41)30(4)31-16-10-7-11-17-31)39(32-18-12-8-13-19-32)33-20-14-9-15-21-33/h7-21,23,25,27-30,35,37,39-41H,22,24,26H2,1-6H3. The van der Waals surface area contributed by atoms with Crippen LogP contribution in [0, 0.1) is 17.8 Å². The molecule has 52 heavy (non-hydrogen) atoms. The molecule has 6 rings (SSSR count). The highest BCUT2D eigenvalue weighted by Crippen LogP contribution is 2.44. The second kappa shape index (κ2) is 16.1. The monoisotopic (exact) mass is 702 g/mol. The van der Waals surface area contributed by atoms with Crippen LogP contribution in [-0.2, 0) is 9.53 Å². The number of amides is 2. The van der Waals surface area contributed by atoms with Gasteiger partial charge < -0.3 is 24.0 Å². The predicted molar refractivity (Wildman–Crippen MR) is 201 cm³/mol. The van der Waals surface area contributed by atoms with Crippen molar-refractivity contribution >= 4 is 17.8 Å². The molecule has 1 aliphatic heterocycles. The summed E-state index contributed by atoms with van der Waals surface area (Å²) in [6.45, 7) is 8.43. The molecule has 2 aliphatic rings. The fourth-order valence-corrected chi connectivity index (χ4v) is 8.17. The number of Topliss-reactive ketones (excluding diaryl/α,β-unsaturated/α-hetero) is 1. The van der Waals surface area contributed by atoms with E-state index in [1.54, 1.807) is 28.0 Å². The van der Waals surface area contributed by atoms with Crippen molar-refractivity contribution in [2.45, 2.75) is 77.2 Å². The topological polar surface area (TPSA) is 85.4 Å². The molecule has 6 unspecified atom stereocenters. The number of hydrogen-bond acceptors (Lipinski definition) is 6. The Hall–Kier alpha value is -5.11. The zero-order valence-electron chi connectivity index (χ0n) is 31.0. The first kappa shape index (κ1) is 36.7. The van der Waals surface area contributed by atoms with Gasteiger partial charge in [-0.15, -0.1) is 0 Å². The lowest BCUT2D eigenvalue weighted by Gasteiger charge is -2.38. The highest BCUT2D eigenvalue weighted by molar-refractivity contribution is 6.08. The molecule has 1 heterocycles. The molecule has 0 aromatic heterocycles. The molecule has 6 atom stereocenters. The Balaban J connectivity index is 1.56. The third-order valence-corrected chi connectivity index (χ3v) is 11.0. The molecular formula is C44H50N2O6. The summed E-state index contributed by atoms with van der Waals surface area (Å²) in [7, 11) is 3.05. The van der Waals surface area contributed by atoms with Gasteiger partial charge in [0.25, 0.3) is 0 Å². The molecule has 0 spiro atoms. The Labute approximate surface area is 307 Å². The number of benzene rings is 4. The maximum atomic E-state index is 15.4. The maximum absolute atomic E-state index is 15.4. The highest BCUT2D eigenvalue weighted by atomic mass is 16.5. The summed E-state index contributed by atoms with van der Waals surface area (Å²) in [4.78, 5) is 48.8. The van der Waals surface area contributed by atoms with Crippen LogP contribution in [0.3, 0.4) is 0 Å². The van der Waals surface area contributed by atoms with Gasteiger partial charge in [0, 0.05) is 5.56 Å². The average Bonchev–Trinajstić information content (AvgIpc) is 3.47. The van der Waals surface area contributed by atoms with Crippen LogP contribution < -0.4 is 9.47 Å². The molecule has 2 fully saturated rings. The van der Waals surface area contributed by atoms with Crippen molar-refractivity contribution in [1.29, 1.82) is 0 Å². The Morgan fingerprint density at radius 3 is 1.79 bits per heavy atom. The van der Waals surface area contributed by atoms with E-state index in [-0.39, 0.29) is 12.0 Å².